The first-order valence-corrected chi connectivity index (χ1v) is 9.33. The number of nitro benzene ring substituents is 1. The van der Waals surface area contributed by atoms with Crippen molar-refractivity contribution in [1.82, 2.24) is 0 Å². The largest absolute Gasteiger partial charge is 0.455 e. The number of rotatable bonds is 6. The fourth-order valence-electron chi connectivity index (χ4n) is 3.36. The van der Waals surface area contributed by atoms with E-state index in [1.54, 1.807) is 4.90 Å². The average molecular weight is 411 g/mol. The maximum Gasteiger partial charge on any atom is 0.311 e. The number of carbonyl (C=O) groups excluding carboxylic acids is 3. The Hall–Kier alpha value is -3.75. The normalized spacial score (nSPS) is 15.7. The predicted octanol–water partition coefficient (Wildman–Crippen LogP) is 2.75. The van der Waals surface area contributed by atoms with Crippen LogP contribution in [0.25, 0.3) is 0 Å². The van der Waals surface area contributed by atoms with E-state index >= 15 is 0 Å². The van der Waals surface area contributed by atoms with Crippen LogP contribution in [0.15, 0.2) is 42.5 Å². The fourth-order valence-corrected chi connectivity index (χ4v) is 3.36. The molecule has 0 unspecified atom stereocenters. The standard InChI is InChI=1S/C21H21N3O6/c1-13-6-7-18(14(2)8-13)23-11-15(9-20(23)26)21(27)30-12-19(25)22-16-4-3-5-17(10-16)24(28)29/h3-8,10,15H,9,11-12H2,1-2H3,(H,22,25)/t15-/m0/s1. The SMILES string of the molecule is Cc1ccc(N2C[C@@H](C(=O)OCC(=O)Nc3cccc([N+](=O)[O-])c3)CC2=O)c(C)c1. The van der Waals surface area contributed by atoms with Crippen LogP contribution in [0.4, 0.5) is 17.1 Å². The quantitative estimate of drug-likeness (QED) is 0.443. The summed E-state index contributed by atoms with van der Waals surface area (Å²) in [7, 11) is 0. The number of esters is 1. The number of carbonyl (C=O) groups is 3. The van der Waals surface area contributed by atoms with Crippen molar-refractivity contribution in [3.63, 3.8) is 0 Å². The van der Waals surface area contributed by atoms with Crippen molar-refractivity contribution >= 4 is 34.8 Å². The van der Waals surface area contributed by atoms with E-state index in [-0.39, 0.29) is 30.2 Å². The number of nitrogens with zero attached hydrogens (tertiary/aromatic N) is 2. The van der Waals surface area contributed by atoms with Crippen molar-refractivity contribution in [3.05, 3.63) is 63.7 Å². The molecule has 0 aromatic heterocycles. The van der Waals surface area contributed by atoms with Crippen LogP contribution < -0.4 is 10.2 Å². The summed E-state index contributed by atoms with van der Waals surface area (Å²) in [4.78, 5) is 48.5. The van der Waals surface area contributed by atoms with Gasteiger partial charge < -0.3 is 15.0 Å². The zero-order valence-electron chi connectivity index (χ0n) is 16.6. The second-order valence-electron chi connectivity index (χ2n) is 7.16. The Balaban J connectivity index is 1.55. The molecule has 1 aliphatic rings. The number of nitro groups is 1. The van der Waals surface area contributed by atoms with Crippen molar-refractivity contribution in [3.8, 4) is 0 Å². The maximum atomic E-state index is 12.4. The minimum Gasteiger partial charge on any atom is -0.455 e. The van der Waals surface area contributed by atoms with Gasteiger partial charge in [0, 0.05) is 36.5 Å². The Morgan fingerprint density at radius 1 is 1.23 bits per heavy atom. The number of anilines is 2. The summed E-state index contributed by atoms with van der Waals surface area (Å²) in [6.07, 6.45) is 0.0125. The molecular weight excluding hydrogens is 390 g/mol. The van der Waals surface area contributed by atoms with Crippen LogP contribution in [0.3, 0.4) is 0 Å². The number of ether oxygens (including phenoxy) is 1. The first-order chi connectivity index (χ1) is 14.2. The molecule has 30 heavy (non-hydrogen) atoms. The third-order valence-electron chi connectivity index (χ3n) is 4.79. The smallest absolute Gasteiger partial charge is 0.311 e. The minimum absolute atomic E-state index is 0.0125. The summed E-state index contributed by atoms with van der Waals surface area (Å²) in [5, 5.41) is 13.2. The van der Waals surface area contributed by atoms with Crippen molar-refractivity contribution in [2.75, 3.05) is 23.4 Å². The van der Waals surface area contributed by atoms with Gasteiger partial charge in [0.25, 0.3) is 11.6 Å². The molecule has 2 aromatic rings. The van der Waals surface area contributed by atoms with E-state index in [9.17, 15) is 24.5 Å². The Morgan fingerprint density at radius 2 is 2.00 bits per heavy atom. The molecule has 9 heteroatoms. The summed E-state index contributed by atoms with van der Waals surface area (Å²) in [6, 6.07) is 11.1. The number of hydrogen-bond donors (Lipinski definition) is 1. The molecule has 1 aliphatic heterocycles. The Bertz CT molecular complexity index is 1020. The first-order valence-electron chi connectivity index (χ1n) is 9.33. The lowest BCUT2D eigenvalue weighted by molar-refractivity contribution is -0.384. The zero-order valence-corrected chi connectivity index (χ0v) is 16.6. The van der Waals surface area contributed by atoms with E-state index in [4.69, 9.17) is 4.74 Å². The number of non-ortho nitro benzene ring substituents is 1. The zero-order chi connectivity index (χ0) is 21.8. The molecule has 0 aliphatic carbocycles. The summed E-state index contributed by atoms with van der Waals surface area (Å²) in [5.74, 6) is -2.10. The molecule has 0 spiro atoms. The first kappa shape index (κ1) is 21.0. The van der Waals surface area contributed by atoms with Crippen molar-refractivity contribution < 1.29 is 24.0 Å². The Labute approximate surface area is 172 Å². The van der Waals surface area contributed by atoms with Gasteiger partial charge in [0.05, 0.1) is 10.8 Å². The number of hydrogen-bond acceptors (Lipinski definition) is 6. The molecule has 0 radical (unpaired) electrons. The van der Waals surface area contributed by atoms with E-state index in [0.717, 1.165) is 16.8 Å². The summed E-state index contributed by atoms with van der Waals surface area (Å²) >= 11 is 0. The lowest BCUT2D eigenvalue weighted by atomic mass is 10.1. The lowest BCUT2D eigenvalue weighted by Crippen LogP contribution is -2.28. The summed E-state index contributed by atoms with van der Waals surface area (Å²) in [6.45, 7) is 3.50. The predicted molar refractivity (Wildman–Crippen MR) is 109 cm³/mol. The monoisotopic (exact) mass is 411 g/mol. The molecule has 1 N–H and O–H groups in total. The third kappa shape index (κ3) is 4.80. The van der Waals surface area contributed by atoms with E-state index in [1.807, 2.05) is 32.0 Å². The molecule has 2 amide bonds. The van der Waals surface area contributed by atoms with Crippen LogP contribution in [-0.4, -0.2) is 35.9 Å². The van der Waals surface area contributed by atoms with E-state index < -0.39 is 29.3 Å². The van der Waals surface area contributed by atoms with Crippen LogP contribution in [0.5, 0.6) is 0 Å². The van der Waals surface area contributed by atoms with Crippen LogP contribution in [0.1, 0.15) is 17.5 Å². The highest BCUT2D eigenvalue weighted by Crippen LogP contribution is 2.29. The van der Waals surface area contributed by atoms with E-state index in [0.29, 0.717) is 0 Å². The van der Waals surface area contributed by atoms with Gasteiger partial charge in [0.15, 0.2) is 6.61 Å². The van der Waals surface area contributed by atoms with Gasteiger partial charge in [-0.2, -0.15) is 0 Å². The lowest BCUT2D eigenvalue weighted by Gasteiger charge is -2.19. The number of benzene rings is 2. The van der Waals surface area contributed by atoms with Crippen LogP contribution in [-0.2, 0) is 19.1 Å². The summed E-state index contributed by atoms with van der Waals surface area (Å²) < 4.78 is 5.06. The average Bonchev–Trinajstić information content (AvgIpc) is 3.08. The van der Waals surface area contributed by atoms with Crippen molar-refractivity contribution in [2.24, 2.45) is 5.92 Å². The van der Waals surface area contributed by atoms with Gasteiger partial charge in [-0.1, -0.05) is 23.8 Å². The van der Waals surface area contributed by atoms with Gasteiger partial charge in [-0.25, -0.2) is 0 Å². The molecule has 156 valence electrons. The van der Waals surface area contributed by atoms with E-state index in [1.165, 1.54) is 24.3 Å². The van der Waals surface area contributed by atoms with Gasteiger partial charge >= 0.3 is 5.97 Å². The maximum absolute atomic E-state index is 12.4. The minimum atomic E-state index is -0.663. The van der Waals surface area contributed by atoms with Gasteiger partial charge in [0.2, 0.25) is 5.91 Å². The molecule has 1 atom stereocenters. The molecule has 0 bridgehead atoms. The number of aryl methyl sites for hydroxylation is 2. The van der Waals surface area contributed by atoms with Crippen LogP contribution in [0, 0.1) is 29.9 Å². The Morgan fingerprint density at radius 3 is 2.70 bits per heavy atom. The van der Waals surface area contributed by atoms with Crippen LogP contribution >= 0.6 is 0 Å². The highest BCUT2D eigenvalue weighted by Gasteiger charge is 2.36. The molecule has 9 nitrogen and oxygen atoms in total. The molecule has 3 rings (SSSR count). The highest BCUT2D eigenvalue weighted by molar-refractivity contribution is 6.00. The topological polar surface area (TPSA) is 119 Å². The summed E-state index contributed by atoms with van der Waals surface area (Å²) in [5.41, 5.74) is 2.83. The van der Waals surface area contributed by atoms with Gasteiger partial charge in [-0.3, -0.25) is 24.5 Å². The van der Waals surface area contributed by atoms with Gasteiger partial charge in [-0.05, 0) is 31.5 Å². The van der Waals surface area contributed by atoms with E-state index in [2.05, 4.69) is 5.32 Å². The molecule has 1 heterocycles. The number of nitrogens with one attached hydrogen (secondary N) is 1. The van der Waals surface area contributed by atoms with Crippen LogP contribution in [0.2, 0.25) is 0 Å². The Kier molecular flexibility index (Phi) is 6.10. The second kappa shape index (κ2) is 8.73. The molecular formula is C21H21N3O6. The molecule has 0 saturated carbocycles. The van der Waals surface area contributed by atoms with Gasteiger partial charge in [0.1, 0.15) is 0 Å². The molecule has 1 saturated heterocycles. The third-order valence-corrected chi connectivity index (χ3v) is 4.79. The molecule has 2 aromatic carbocycles. The highest BCUT2D eigenvalue weighted by atomic mass is 16.6. The number of amides is 2. The second-order valence-corrected chi connectivity index (χ2v) is 7.16. The van der Waals surface area contributed by atoms with Gasteiger partial charge in [-0.15, -0.1) is 0 Å². The van der Waals surface area contributed by atoms with Crippen molar-refractivity contribution in [1.29, 1.82) is 0 Å². The van der Waals surface area contributed by atoms with Crippen molar-refractivity contribution in [2.45, 2.75) is 20.3 Å². The molecule has 1 fully saturated rings. The fraction of sp³-hybridized carbons (Fsp3) is 0.286.